The maximum absolute atomic E-state index is 13.0. The SMILES string of the molecule is CN(CCCNC(=O)Cc1ccc(NC(=O)N2CCCCc3ccccc32)cc1)C1CCCCC1. The van der Waals surface area contributed by atoms with Crippen molar-refractivity contribution in [1.29, 1.82) is 0 Å². The summed E-state index contributed by atoms with van der Waals surface area (Å²) in [6, 6.07) is 16.4. The molecule has 2 aliphatic rings. The van der Waals surface area contributed by atoms with Crippen LogP contribution >= 0.6 is 0 Å². The van der Waals surface area contributed by atoms with Gasteiger partial charge in [0.25, 0.3) is 0 Å². The van der Waals surface area contributed by atoms with Gasteiger partial charge in [0.1, 0.15) is 0 Å². The van der Waals surface area contributed by atoms with Crippen LogP contribution in [0.25, 0.3) is 0 Å². The molecule has 6 heteroatoms. The van der Waals surface area contributed by atoms with Crippen molar-refractivity contribution >= 4 is 23.3 Å². The Bertz CT molecular complexity index is 969. The number of nitrogens with zero attached hydrogens (tertiary/aromatic N) is 2. The predicted octanol–water partition coefficient (Wildman–Crippen LogP) is 5.37. The van der Waals surface area contributed by atoms with Crippen LogP contribution in [0.3, 0.4) is 0 Å². The lowest BCUT2D eigenvalue weighted by atomic mass is 9.94. The highest BCUT2D eigenvalue weighted by atomic mass is 16.2. The van der Waals surface area contributed by atoms with Gasteiger partial charge >= 0.3 is 6.03 Å². The fourth-order valence-electron chi connectivity index (χ4n) is 5.31. The molecule has 0 unspecified atom stereocenters. The van der Waals surface area contributed by atoms with Gasteiger partial charge < -0.3 is 15.5 Å². The molecule has 0 radical (unpaired) electrons. The van der Waals surface area contributed by atoms with Gasteiger partial charge in [0.2, 0.25) is 5.91 Å². The number of rotatable bonds is 8. The number of aryl methyl sites for hydroxylation is 1. The summed E-state index contributed by atoms with van der Waals surface area (Å²) in [6.07, 6.45) is 11.1. The van der Waals surface area contributed by atoms with E-state index in [1.165, 1.54) is 37.7 Å². The smallest absolute Gasteiger partial charge is 0.326 e. The Balaban J connectivity index is 1.20. The first-order chi connectivity index (χ1) is 17.1. The fourth-order valence-corrected chi connectivity index (χ4v) is 5.31. The van der Waals surface area contributed by atoms with Crippen LogP contribution in [0.5, 0.6) is 0 Å². The number of hydrogen-bond donors (Lipinski definition) is 2. The number of fused-ring (bicyclic) bond motifs is 1. The first-order valence-electron chi connectivity index (χ1n) is 13.3. The molecule has 0 aromatic heterocycles. The van der Waals surface area contributed by atoms with Crippen molar-refractivity contribution in [3.8, 4) is 0 Å². The maximum Gasteiger partial charge on any atom is 0.326 e. The molecule has 0 bridgehead atoms. The summed E-state index contributed by atoms with van der Waals surface area (Å²) in [7, 11) is 2.21. The first-order valence-corrected chi connectivity index (χ1v) is 13.3. The molecule has 0 saturated heterocycles. The second-order valence-corrected chi connectivity index (χ2v) is 10.0. The Labute approximate surface area is 210 Å². The molecule has 1 aliphatic heterocycles. The summed E-state index contributed by atoms with van der Waals surface area (Å²) in [4.78, 5) is 29.7. The van der Waals surface area contributed by atoms with E-state index in [0.29, 0.717) is 19.0 Å². The number of benzene rings is 2. The van der Waals surface area contributed by atoms with Crippen molar-refractivity contribution in [3.05, 3.63) is 59.7 Å². The van der Waals surface area contributed by atoms with Gasteiger partial charge in [-0.3, -0.25) is 9.69 Å². The number of urea groups is 1. The maximum atomic E-state index is 13.0. The number of para-hydroxylation sites is 1. The van der Waals surface area contributed by atoms with E-state index in [4.69, 9.17) is 0 Å². The van der Waals surface area contributed by atoms with E-state index >= 15 is 0 Å². The zero-order valence-electron chi connectivity index (χ0n) is 21.1. The van der Waals surface area contributed by atoms with Crippen molar-refractivity contribution in [2.24, 2.45) is 0 Å². The van der Waals surface area contributed by atoms with Crippen molar-refractivity contribution in [1.82, 2.24) is 10.2 Å². The van der Waals surface area contributed by atoms with E-state index in [1.54, 1.807) is 0 Å². The van der Waals surface area contributed by atoms with Crippen LogP contribution in [-0.2, 0) is 17.6 Å². The van der Waals surface area contributed by atoms with Crippen molar-refractivity contribution in [2.75, 3.05) is 36.9 Å². The van der Waals surface area contributed by atoms with Crippen molar-refractivity contribution in [2.45, 2.75) is 70.3 Å². The van der Waals surface area contributed by atoms with Gasteiger partial charge in [-0.1, -0.05) is 49.6 Å². The van der Waals surface area contributed by atoms with Crippen LogP contribution in [0.4, 0.5) is 16.2 Å². The fraction of sp³-hybridized carbons (Fsp3) is 0.517. The third-order valence-corrected chi connectivity index (χ3v) is 7.38. The number of amides is 3. The van der Waals surface area contributed by atoms with E-state index in [0.717, 1.165) is 55.7 Å². The lowest BCUT2D eigenvalue weighted by Crippen LogP contribution is -2.36. The molecule has 6 nitrogen and oxygen atoms in total. The third-order valence-electron chi connectivity index (χ3n) is 7.38. The molecule has 1 saturated carbocycles. The normalized spacial score (nSPS) is 16.5. The Morgan fingerprint density at radius 2 is 1.74 bits per heavy atom. The van der Waals surface area contributed by atoms with E-state index < -0.39 is 0 Å². The summed E-state index contributed by atoms with van der Waals surface area (Å²) in [5.74, 6) is 0.0447. The van der Waals surface area contributed by atoms with E-state index in [9.17, 15) is 9.59 Å². The highest BCUT2D eigenvalue weighted by Gasteiger charge is 2.21. The van der Waals surface area contributed by atoms with Gasteiger partial charge in [-0.2, -0.15) is 0 Å². The van der Waals surface area contributed by atoms with E-state index in [2.05, 4.69) is 28.6 Å². The minimum atomic E-state index is -0.108. The zero-order valence-corrected chi connectivity index (χ0v) is 21.1. The van der Waals surface area contributed by atoms with Crippen LogP contribution < -0.4 is 15.5 Å². The molecule has 0 atom stereocenters. The minimum absolute atomic E-state index is 0.0447. The minimum Gasteiger partial charge on any atom is -0.356 e. The molecule has 4 rings (SSSR count). The average Bonchev–Trinajstić information content (AvgIpc) is 3.11. The second kappa shape index (κ2) is 12.7. The molecule has 188 valence electrons. The van der Waals surface area contributed by atoms with Gasteiger partial charge in [0.05, 0.1) is 6.42 Å². The van der Waals surface area contributed by atoms with Crippen LogP contribution in [0.1, 0.15) is 62.5 Å². The Morgan fingerprint density at radius 1 is 0.971 bits per heavy atom. The summed E-state index contributed by atoms with van der Waals surface area (Å²) in [5.41, 5.74) is 3.91. The summed E-state index contributed by atoms with van der Waals surface area (Å²) >= 11 is 0. The van der Waals surface area contributed by atoms with Crippen molar-refractivity contribution in [3.63, 3.8) is 0 Å². The number of anilines is 2. The highest BCUT2D eigenvalue weighted by molar-refractivity contribution is 6.02. The topological polar surface area (TPSA) is 64.7 Å². The molecule has 1 fully saturated rings. The number of carbonyl (C=O) groups is 2. The lowest BCUT2D eigenvalue weighted by Gasteiger charge is -2.31. The van der Waals surface area contributed by atoms with Crippen LogP contribution in [0.2, 0.25) is 0 Å². The Kier molecular flexibility index (Phi) is 9.18. The Morgan fingerprint density at radius 3 is 2.54 bits per heavy atom. The molecule has 2 N–H and O–H groups in total. The van der Waals surface area contributed by atoms with Gasteiger partial charge in [0, 0.05) is 30.5 Å². The van der Waals surface area contributed by atoms with Crippen LogP contribution in [0, 0.1) is 0 Å². The predicted molar refractivity (Wildman–Crippen MR) is 143 cm³/mol. The summed E-state index contributed by atoms with van der Waals surface area (Å²) < 4.78 is 0. The average molecular weight is 477 g/mol. The largest absolute Gasteiger partial charge is 0.356 e. The summed E-state index contributed by atoms with van der Waals surface area (Å²) in [5, 5.41) is 6.07. The third kappa shape index (κ3) is 7.31. The molecule has 0 spiro atoms. The number of carbonyl (C=O) groups excluding carboxylic acids is 2. The summed E-state index contributed by atoms with van der Waals surface area (Å²) in [6.45, 7) is 2.46. The van der Waals surface area contributed by atoms with Gasteiger partial charge in [-0.05, 0) is 81.4 Å². The van der Waals surface area contributed by atoms with Gasteiger partial charge in [-0.25, -0.2) is 4.79 Å². The number of nitrogens with one attached hydrogen (secondary N) is 2. The standard InChI is InChI=1S/C29H40N4O2/c1-32(26-12-3-2-4-13-26)20-9-19-30-28(34)22-23-15-17-25(18-16-23)31-29(35)33-21-8-7-11-24-10-5-6-14-27(24)33/h5-6,10,14-18,26H,2-4,7-9,11-13,19-22H2,1H3,(H,30,34)(H,31,35). The molecule has 1 aliphatic carbocycles. The van der Waals surface area contributed by atoms with Crippen molar-refractivity contribution < 1.29 is 9.59 Å². The van der Waals surface area contributed by atoms with E-state index in [1.807, 2.05) is 47.4 Å². The molecule has 2 aromatic rings. The zero-order chi connectivity index (χ0) is 24.5. The molecule has 35 heavy (non-hydrogen) atoms. The highest BCUT2D eigenvalue weighted by Crippen LogP contribution is 2.27. The molecular formula is C29H40N4O2. The quantitative estimate of drug-likeness (QED) is 0.503. The van der Waals surface area contributed by atoms with Gasteiger partial charge in [-0.15, -0.1) is 0 Å². The Hall–Kier alpha value is -2.86. The molecular weight excluding hydrogens is 436 g/mol. The lowest BCUT2D eigenvalue weighted by molar-refractivity contribution is -0.120. The van der Waals surface area contributed by atoms with Crippen LogP contribution in [0.15, 0.2) is 48.5 Å². The first kappa shape index (κ1) is 25.2. The monoisotopic (exact) mass is 476 g/mol. The molecule has 3 amide bonds. The molecule has 2 aromatic carbocycles. The molecule has 1 heterocycles. The van der Waals surface area contributed by atoms with Gasteiger partial charge in [0.15, 0.2) is 0 Å². The number of hydrogen-bond acceptors (Lipinski definition) is 3. The van der Waals surface area contributed by atoms with Crippen LogP contribution in [-0.4, -0.2) is 49.6 Å². The second-order valence-electron chi connectivity index (χ2n) is 10.0. The van der Waals surface area contributed by atoms with E-state index in [-0.39, 0.29) is 11.9 Å².